The summed E-state index contributed by atoms with van der Waals surface area (Å²) >= 11 is 6.70. The summed E-state index contributed by atoms with van der Waals surface area (Å²) in [7, 11) is 0. The molecule has 4 heterocycles. The number of aromatic amines is 4. The first-order valence-corrected chi connectivity index (χ1v) is 12.7. The average molecular weight is 620 g/mol. The second-order valence-electron chi connectivity index (χ2n) is 8.67. The van der Waals surface area contributed by atoms with Crippen LogP contribution in [0.3, 0.4) is 0 Å². The summed E-state index contributed by atoms with van der Waals surface area (Å²) in [6.45, 7) is 0.447. The van der Waals surface area contributed by atoms with Gasteiger partial charge >= 0.3 is 0 Å². The molecule has 4 aromatic rings. The predicted octanol–water partition coefficient (Wildman–Crippen LogP) is 2.25. The van der Waals surface area contributed by atoms with Crippen LogP contribution >= 0.6 is 31.9 Å². The highest BCUT2D eigenvalue weighted by Gasteiger charge is 2.53. The molecule has 10 N–H and O–H groups in total. The van der Waals surface area contributed by atoms with Gasteiger partial charge < -0.3 is 42.0 Å². The molecule has 36 heavy (non-hydrogen) atoms. The van der Waals surface area contributed by atoms with E-state index in [2.05, 4.69) is 72.4 Å². The minimum Gasteiger partial charge on any atom is -0.369 e. The van der Waals surface area contributed by atoms with E-state index in [1.54, 1.807) is 36.9 Å². The molecule has 0 bridgehead atoms. The number of hydrogen-bond donors (Lipinski definition) is 8. The first-order valence-electron chi connectivity index (χ1n) is 11.1. The Bertz CT molecular complexity index is 1280. The van der Waals surface area contributed by atoms with Gasteiger partial charge in [-0.05, 0) is 44.0 Å². The van der Waals surface area contributed by atoms with Crippen molar-refractivity contribution in [1.29, 1.82) is 0 Å². The van der Waals surface area contributed by atoms with Crippen molar-refractivity contribution in [2.45, 2.75) is 17.9 Å². The van der Waals surface area contributed by atoms with E-state index in [1.807, 2.05) is 0 Å². The third kappa shape index (κ3) is 4.83. The van der Waals surface area contributed by atoms with Crippen LogP contribution in [0.5, 0.6) is 0 Å². The fraction of sp³-hybridized carbons (Fsp3) is 0.273. The summed E-state index contributed by atoms with van der Waals surface area (Å²) in [5, 5.41) is 6.41. The number of imidazole rings is 2. The normalized spacial score (nSPS) is 21.3. The van der Waals surface area contributed by atoms with Crippen molar-refractivity contribution in [3.05, 3.63) is 68.6 Å². The van der Waals surface area contributed by atoms with Crippen LogP contribution in [0.2, 0.25) is 0 Å². The smallest absolute Gasteiger partial charge is 0.267 e. The van der Waals surface area contributed by atoms with Gasteiger partial charge in [-0.15, -0.1) is 0 Å². The van der Waals surface area contributed by atoms with Crippen molar-refractivity contribution in [2.75, 3.05) is 24.6 Å². The predicted molar refractivity (Wildman–Crippen MR) is 140 cm³/mol. The van der Waals surface area contributed by atoms with Gasteiger partial charge in [0.25, 0.3) is 5.91 Å². The van der Waals surface area contributed by atoms with Crippen molar-refractivity contribution in [2.24, 2.45) is 5.92 Å². The van der Waals surface area contributed by atoms with Crippen molar-refractivity contribution in [1.82, 2.24) is 40.5 Å². The lowest BCUT2D eigenvalue weighted by atomic mass is 9.58. The van der Waals surface area contributed by atoms with Crippen molar-refractivity contribution in [3.8, 4) is 0 Å². The van der Waals surface area contributed by atoms with Gasteiger partial charge in [-0.2, -0.15) is 0 Å². The first kappa shape index (κ1) is 24.3. The van der Waals surface area contributed by atoms with Crippen LogP contribution in [0.1, 0.15) is 44.2 Å². The van der Waals surface area contributed by atoms with Crippen LogP contribution in [0.25, 0.3) is 0 Å². The molecule has 5 rings (SSSR count). The molecule has 1 saturated carbocycles. The molecule has 4 aromatic heterocycles. The van der Waals surface area contributed by atoms with E-state index in [-0.39, 0.29) is 42.0 Å². The molecule has 12 nitrogen and oxygen atoms in total. The number of carbonyl (C=O) groups excluding carboxylic acids is 2. The topological polar surface area (TPSA) is 199 Å². The Hall–Kier alpha value is -3.36. The number of carbonyl (C=O) groups is 2. The zero-order chi connectivity index (χ0) is 25.4. The van der Waals surface area contributed by atoms with Gasteiger partial charge in [-0.25, -0.2) is 9.97 Å². The molecule has 0 spiro atoms. The molecule has 14 heteroatoms. The molecule has 1 fully saturated rings. The SMILES string of the molecule is Nc1ncc(C2C(CNC(=O)c3cc(Br)c[nH]3)C(NCC(=O)c3cc(Br)c[nH]3)C2c2cnc(N)[nH]2)[nH]1. The van der Waals surface area contributed by atoms with Gasteiger partial charge in [-0.1, -0.05) is 0 Å². The summed E-state index contributed by atoms with van der Waals surface area (Å²) in [5.74, 6) is -0.0358. The number of hydrogen-bond acceptors (Lipinski definition) is 7. The highest BCUT2D eigenvalue weighted by Crippen LogP contribution is 2.52. The number of nitrogen functional groups attached to an aromatic ring is 2. The Labute approximate surface area is 222 Å². The molecular weight excluding hydrogens is 596 g/mol. The maximum Gasteiger partial charge on any atom is 0.267 e. The largest absolute Gasteiger partial charge is 0.369 e. The Kier molecular flexibility index (Phi) is 6.73. The van der Waals surface area contributed by atoms with Gasteiger partial charge in [0.1, 0.15) is 5.69 Å². The summed E-state index contributed by atoms with van der Waals surface area (Å²) in [5.41, 5.74) is 14.3. The van der Waals surface area contributed by atoms with E-state index in [4.69, 9.17) is 11.5 Å². The van der Waals surface area contributed by atoms with Crippen LogP contribution in [0.15, 0.2) is 45.9 Å². The van der Waals surface area contributed by atoms with Gasteiger partial charge in [0, 0.05) is 63.1 Å². The number of nitrogens with two attached hydrogens (primary N) is 2. The molecule has 0 aliphatic heterocycles. The van der Waals surface area contributed by atoms with E-state index in [0.29, 0.717) is 29.8 Å². The molecule has 188 valence electrons. The highest BCUT2D eigenvalue weighted by atomic mass is 79.9. The molecule has 4 unspecified atom stereocenters. The number of ketones is 1. The third-order valence-corrected chi connectivity index (χ3v) is 7.40. The van der Waals surface area contributed by atoms with E-state index < -0.39 is 0 Å². The molecule has 1 amide bonds. The third-order valence-electron chi connectivity index (χ3n) is 6.48. The highest BCUT2D eigenvalue weighted by molar-refractivity contribution is 9.10. The number of aromatic nitrogens is 6. The monoisotopic (exact) mass is 618 g/mol. The fourth-order valence-corrected chi connectivity index (χ4v) is 5.55. The lowest BCUT2D eigenvalue weighted by Gasteiger charge is -2.51. The number of nitrogens with one attached hydrogen (secondary N) is 6. The van der Waals surface area contributed by atoms with Crippen LogP contribution in [-0.4, -0.2) is 60.7 Å². The molecule has 1 aliphatic rings. The number of nitrogens with zero attached hydrogens (tertiary/aromatic N) is 2. The van der Waals surface area contributed by atoms with E-state index in [1.165, 1.54) is 0 Å². The molecule has 1 aliphatic carbocycles. The number of anilines is 2. The molecule has 0 radical (unpaired) electrons. The summed E-state index contributed by atoms with van der Waals surface area (Å²) in [4.78, 5) is 46.0. The zero-order valence-corrected chi connectivity index (χ0v) is 22.0. The van der Waals surface area contributed by atoms with Gasteiger partial charge in [0.2, 0.25) is 0 Å². The summed E-state index contributed by atoms with van der Waals surface area (Å²) < 4.78 is 1.58. The van der Waals surface area contributed by atoms with Gasteiger partial charge in [-0.3, -0.25) is 9.59 Å². The standard InChI is InChI=1S/C22H24Br2N10O2/c23-9-1-12(27-3-9)16(35)8-29-19-11(5-30-20(36)13-2-10(24)4-28-13)17(14-6-31-21(25)33-14)18(19)15-7-32-22(26)34-15/h1-4,6-7,11,17-19,27-29H,5,8H2,(H,30,36)(H3,25,31,33)(H3,26,32,34). The minimum absolute atomic E-state index is 0.0863. The zero-order valence-electron chi connectivity index (χ0n) is 18.8. The van der Waals surface area contributed by atoms with E-state index in [9.17, 15) is 9.59 Å². The molecule has 4 atom stereocenters. The Balaban J connectivity index is 1.40. The molecule has 0 saturated heterocycles. The summed E-state index contributed by atoms with van der Waals surface area (Å²) in [6, 6.07) is 3.26. The Morgan fingerprint density at radius 2 is 1.50 bits per heavy atom. The van der Waals surface area contributed by atoms with Crippen molar-refractivity contribution >= 4 is 55.4 Å². The number of Topliss-reactive ketones (excluding diaryl/α,β-unsaturated/α-hetero) is 1. The van der Waals surface area contributed by atoms with E-state index >= 15 is 0 Å². The van der Waals surface area contributed by atoms with Gasteiger partial charge in [0.05, 0.1) is 24.6 Å². The number of amides is 1. The van der Waals surface area contributed by atoms with Crippen LogP contribution in [0.4, 0.5) is 11.9 Å². The lowest BCUT2D eigenvalue weighted by molar-refractivity contribution is 0.0827. The maximum atomic E-state index is 12.8. The number of H-pyrrole nitrogens is 4. The number of halogens is 2. The first-order chi connectivity index (χ1) is 17.3. The van der Waals surface area contributed by atoms with Crippen molar-refractivity contribution < 1.29 is 9.59 Å². The van der Waals surface area contributed by atoms with Crippen LogP contribution in [-0.2, 0) is 0 Å². The quantitative estimate of drug-likeness (QED) is 0.131. The second kappa shape index (κ2) is 9.95. The van der Waals surface area contributed by atoms with Crippen molar-refractivity contribution in [3.63, 3.8) is 0 Å². The molecule has 0 aromatic carbocycles. The minimum atomic E-state index is -0.233. The van der Waals surface area contributed by atoms with Gasteiger partial charge in [0.15, 0.2) is 17.7 Å². The molecular formula is C22H24Br2N10O2. The summed E-state index contributed by atoms with van der Waals surface area (Å²) in [6.07, 6.45) is 6.79. The number of rotatable bonds is 9. The fourth-order valence-electron chi connectivity index (χ4n) is 4.86. The Morgan fingerprint density at radius 3 is 2.03 bits per heavy atom. The van der Waals surface area contributed by atoms with Crippen LogP contribution in [0, 0.1) is 5.92 Å². The lowest BCUT2D eigenvalue weighted by Crippen LogP contribution is -2.60. The Morgan fingerprint density at radius 1 is 0.917 bits per heavy atom. The van der Waals surface area contributed by atoms with Crippen LogP contribution < -0.4 is 22.1 Å². The maximum absolute atomic E-state index is 12.8. The second-order valence-corrected chi connectivity index (χ2v) is 10.5. The van der Waals surface area contributed by atoms with E-state index in [0.717, 1.165) is 20.3 Å². The average Bonchev–Trinajstić information content (AvgIpc) is 3.63.